The lowest BCUT2D eigenvalue weighted by Gasteiger charge is -2.08. The van der Waals surface area contributed by atoms with Crippen LogP contribution in [0, 0.1) is 10.6 Å². The topological polar surface area (TPSA) is 46.5 Å². The van der Waals surface area contributed by atoms with Gasteiger partial charge in [0.1, 0.15) is 11.5 Å². The van der Waals surface area contributed by atoms with Crippen LogP contribution in [0.3, 0.4) is 0 Å². The van der Waals surface area contributed by atoms with Gasteiger partial charge in [-0.15, -0.1) is 0 Å². The largest absolute Gasteiger partial charge is 0.264 e. The Labute approximate surface area is 136 Å². The van der Waals surface area contributed by atoms with E-state index in [1.54, 1.807) is 22.8 Å². The average Bonchev–Trinajstić information content (AvgIpc) is 2.96. The minimum atomic E-state index is -0.368. The molecule has 0 spiro atoms. The molecule has 0 aliphatic rings. The molecule has 0 unspecified atom stereocenters. The van der Waals surface area contributed by atoms with Gasteiger partial charge in [-0.2, -0.15) is 5.10 Å². The minimum Gasteiger partial charge on any atom is -0.264 e. The molecule has 0 saturated carbocycles. The number of rotatable bonds is 2. The van der Waals surface area contributed by atoms with Crippen LogP contribution < -0.4 is 0 Å². The number of para-hydroxylation sites is 2. The third-order valence-electron chi connectivity index (χ3n) is 3.59. The molecule has 2 heterocycles. The number of aromatic amines is 1. The van der Waals surface area contributed by atoms with E-state index in [4.69, 9.17) is 12.2 Å². The summed E-state index contributed by atoms with van der Waals surface area (Å²) < 4.78 is 16.0. The summed E-state index contributed by atoms with van der Waals surface area (Å²) in [5.41, 5.74) is 1.81. The molecular weight excluding hydrogens is 311 g/mol. The Kier molecular flexibility index (Phi) is 3.24. The first-order valence-electron chi connectivity index (χ1n) is 7.02. The van der Waals surface area contributed by atoms with Gasteiger partial charge < -0.3 is 0 Å². The Hall–Kier alpha value is -2.86. The maximum atomic E-state index is 14.2. The van der Waals surface area contributed by atoms with E-state index in [9.17, 15) is 4.39 Å². The summed E-state index contributed by atoms with van der Waals surface area (Å²) in [6.07, 6.45) is 0. The van der Waals surface area contributed by atoms with Crippen LogP contribution >= 0.6 is 12.2 Å². The van der Waals surface area contributed by atoms with E-state index in [2.05, 4.69) is 15.2 Å². The van der Waals surface area contributed by atoms with Crippen LogP contribution in [0.15, 0.2) is 60.7 Å². The van der Waals surface area contributed by atoms with Crippen molar-refractivity contribution < 1.29 is 4.39 Å². The molecule has 1 N–H and O–H groups in total. The number of benzene rings is 2. The highest BCUT2D eigenvalue weighted by Gasteiger charge is 2.15. The molecular formula is C17H11FN4S. The number of H-pyrrole nitrogens is 1. The van der Waals surface area contributed by atoms with Crippen molar-refractivity contribution in [3.63, 3.8) is 0 Å². The molecule has 0 aliphatic heterocycles. The van der Waals surface area contributed by atoms with E-state index in [1.165, 1.54) is 6.07 Å². The number of fused-ring (bicyclic) bond motifs is 1. The van der Waals surface area contributed by atoms with Crippen molar-refractivity contribution in [3.8, 4) is 17.2 Å². The molecule has 4 aromatic rings. The normalized spacial score (nSPS) is 11.0. The van der Waals surface area contributed by atoms with Crippen LogP contribution in [0.4, 0.5) is 4.39 Å². The van der Waals surface area contributed by atoms with Gasteiger partial charge in [0.15, 0.2) is 10.6 Å². The molecule has 0 bridgehead atoms. The quantitative estimate of drug-likeness (QED) is 0.560. The SMILES string of the molecule is Fc1ccccc1-n1c(-c2ccc3ccccc3n2)n[nH]c1=S. The van der Waals surface area contributed by atoms with E-state index < -0.39 is 0 Å². The first-order chi connectivity index (χ1) is 11.2. The summed E-state index contributed by atoms with van der Waals surface area (Å²) in [6.45, 7) is 0. The summed E-state index contributed by atoms with van der Waals surface area (Å²) in [4.78, 5) is 4.60. The second kappa shape index (κ2) is 5.40. The zero-order valence-electron chi connectivity index (χ0n) is 11.9. The molecule has 0 radical (unpaired) electrons. The molecule has 0 saturated heterocycles. The van der Waals surface area contributed by atoms with Gasteiger partial charge in [-0.3, -0.25) is 9.67 Å². The maximum absolute atomic E-state index is 14.2. The number of nitrogens with one attached hydrogen (secondary N) is 1. The van der Waals surface area contributed by atoms with Crippen molar-refractivity contribution in [1.82, 2.24) is 19.7 Å². The van der Waals surface area contributed by atoms with Crippen molar-refractivity contribution in [2.24, 2.45) is 0 Å². The minimum absolute atomic E-state index is 0.319. The molecule has 6 heteroatoms. The monoisotopic (exact) mass is 322 g/mol. The highest BCUT2D eigenvalue weighted by atomic mass is 32.1. The molecule has 4 rings (SSSR count). The van der Waals surface area contributed by atoms with Gasteiger partial charge in [0, 0.05) is 5.39 Å². The third-order valence-corrected chi connectivity index (χ3v) is 3.87. The van der Waals surface area contributed by atoms with Gasteiger partial charge in [0.05, 0.1) is 11.2 Å². The Morgan fingerprint density at radius 1 is 0.957 bits per heavy atom. The number of halogens is 1. The predicted molar refractivity (Wildman–Crippen MR) is 89.4 cm³/mol. The molecule has 2 aromatic heterocycles. The Morgan fingerprint density at radius 2 is 1.74 bits per heavy atom. The molecule has 112 valence electrons. The lowest BCUT2D eigenvalue weighted by molar-refractivity contribution is 0.618. The van der Waals surface area contributed by atoms with Gasteiger partial charge in [0.2, 0.25) is 0 Å². The standard InChI is InChI=1S/C17H11FN4S/c18-12-6-2-4-8-15(12)22-16(20-21-17(22)23)14-10-9-11-5-1-3-7-13(11)19-14/h1-10H,(H,21,23). The van der Waals surface area contributed by atoms with E-state index in [-0.39, 0.29) is 5.82 Å². The van der Waals surface area contributed by atoms with Gasteiger partial charge in [-0.1, -0.05) is 36.4 Å². The lowest BCUT2D eigenvalue weighted by Crippen LogP contribution is -2.01. The number of hydrogen-bond acceptors (Lipinski definition) is 3. The zero-order valence-corrected chi connectivity index (χ0v) is 12.7. The maximum Gasteiger partial charge on any atom is 0.200 e. The Balaban J connectivity index is 1.96. The summed E-state index contributed by atoms with van der Waals surface area (Å²) in [5.74, 6) is 0.109. The van der Waals surface area contributed by atoms with Crippen molar-refractivity contribution in [3.05, 3.63) is 71.3 Å². The fraction of sp³-hybridized carbons (Fsp3) is 0. The first-order valence-corrected chi connectivity index (χ1v) is 7.43. The smallest absolute Gasteiger partial charge is 0.200 e. The van der Waals surface area contributed by atoms with Crippen LogP contribution in [0.1, 0.15) is 0 Å². The van der Waals surface area contributed by atoms with Crippen LogP contribution in [0.25, 0.3) is 28.1 Å². The molecule has 4 nitrogen and oxygen atoms in total. The fourth-order valence-corrected chi connectivity index (χ4v) is 2.75. The van der Waals surface area contributed by atoms with Gasteiger partial charge in [0.25, 0.3) is 0 Å². The van der Waals surface area contributed by atoms with Crippen LogP contribution in [-0.2, 0) is 0 Å². The van der Waals surface area contributed by atoms with Crippen LogP contribution in [-0.4, -0.2) is 19.7 Å². The van der Waals surface area contributed by atoms with Crippen LogP contribution in [0.2, 0.25) is 0 Å². The van der Waals surface area contributed by atoms with E-state index >= 15 is 0 Å². The average molecular weight is 322 g/mol. The molecule has 0 amide bonds. The van der Waals surface area contributed by atoms with E-state index in [0.29, 0.717) is 22.0 Å². The molecule has 23 heavy (non-hydrogen) atoms. The van der Waals surface area contributed by atoms with Gasteiger partial charge >= 0.3 is 0 Å². The summed E-state index contributed by atoms with van der Waals surface area (Å²) >= 11 is 5.26. The van der Waals surface area contributed by atoms with Crippen LogP contribution in [0.5, 0.6) is 0 Å². The fourth-order valence-electron chi connectivity index (χ4n) is 2.52. The summed E-state index contributed by atoms with van der Waals surface area (Å²) in [6, 6.07) is 18.0. The summed E-state index contributed by atoms with van der Waals surface area (Å²) in [7, 11) is 0. The first kappa shape index (κ1) is 13.8. The molecule has 0 atom stereocenters. The van der Waals surface area contributed by atoms with Gasteiger partial charge in [-0.25, -0.2) is 9.37 Å². The van der Waals surface area contributed by atoms with E-state index in [0.717, 1.165) is 10.9 Å². The number of hydrogen-bond donors (Lipinski definition) is 1. The van der Waals surface area contributed by atoms with Gasteiger partial charge in [-0.05, 0) is 36.5 Å². The van der Waals surface area contributed by atoms with Crippen molar-refractivity contribution in [2.75, 3.05) is 0 Å². The zero-order chi connectivity index (χ0) is 15.8. The third kappa shape index (κ3) is 2.33. The lowest BCUT2D eigenvalue weighted by atomic mass is 10.2. The second-order valence-corrected chi connectivity index (χ2v) is 5.42. The van der Waals surface area contributed by atoms with E-state index in [1.807, 2.05) is 36.4 Å². The number of nitrogens with zero attached hydrogens (tertiary/aromatic N) is 3. The Morgan fingerprint density at radius 3 is 2.61 bits per heavy atom. The van der Waals surface area contributed by atoms with Crippen molar-refractivity contribution >= 4 is 23.1 Å². The predicted octanol–water partition coefficient (Wildman–Crippen LogP) is 4.28. The number of pyridine rings is 1. The summed E-state index contributed by atoms with van der Waals surface area (Å²) in [5, 5.41) is 7.98. The number of aromatic nitrogens is 4. The van der Waals surface area contributed by atoms with Crippen molar-refractivity contribution in [1.29, 1.82) is 0 Å². The van der Waals surface area contributed by atoms with Crippen molar-refractivity contribution in [2.45, 2.75) is 0 Å². The second-order valence-electron chi connectivity index (χ2n) is 5.03. The highest BCUT2D eigenvalue weighted by molar-refractivity contribution is 7.71. The highest BCUT2D eigenvalue weighted by Crippen LogP contribution is 2.23. The molecule has 0 aliphatic carbocycles. The Bertz CT molecular complexity index is 1070. The molecule has 2 aromatic carbocycles. The molecule has 0 fully saturated rings.